The lowest BCUT2D eigenvalue weighted by Crippen LogP contribution is -2.05. The summed E-state index contributed by atoms with van der Waals surface area (Å²) in [7, 11) is 0. The van der Waals surface area contributed by atoms with Crippen LogP contribution in [0.3, 0.4) is 0 Å². The zero-order chi connectivity index (χ0) is 11.7. The number of aryl methyl sites for hydroxylation is 1. The van der Waals surface area contributed by atoms with Gasteiger partial charge in [0, 0.05) is 10.9 Å². The fraction of sp³-hybridized carbons (Fsp3) is 0.100. The molecule has 0 atom stereocenters. The van der Waals surface area contributed by atoms with Crippen LogP contribution in [0.15, 0.2) is 17.5 Å². The number of nitrogens with two attached hydrogens (primary N) is 1. The van der Waals surface area contributed by atoms with E-state index in [0.717, 1.165) is 0 Å². The zero-order valence-electron chi connectivity index (χ0n) is 8.42. The Morgan fingerprint density at radius 1 is 1.50 bits per heavy atom. The number of hydrogen-bond donors (Lipinski definition) is 2. The molecule has 2 aromatic rings. The molecule has 0 aliphatic rings. The lowest BCUT2D eigenvalue weighted by Gasteiger charge is -2.03. The molecule has 0 saturated carbocycles. The summed E-state index contributed by atoms with van der Waals surface area (Å²) < 4.78 is 13.4. The fourth-order valence-electron chi connectivity index (χ4n) is 1.31. The number of halogens is 2. The topological polar surface area (TPSA) is 50.9 Å². The number of nitrogens with zero attached hydrogens (tertiary/aromatic N) is 1. The maximum Gasteiger partial charge on any atom is 0.197 e. The summed E-state index contributed by atoms with van der Waals surface area (Å²) in [5.41, 5.74) is 4.13. The van der Waals surface area contributed by atoms with Gasteiger partial charge in [-0.25, -0.2) is 15.2 Å². The van der Waals surface area contributed by atoms with Gasteiger partial charge in [0.15, 0.2) is 5.13 Å². The maximum atomic E-state index is 13.4. The molecule has 3 N–H and O–H groups in total. The van der Waals surface area contributed by atoms with Crippen LogP contribution in [0.2, 0.25) is 5.02 Å². The van der Waals surface area contributed by atoms with E-state index in [2.05, 4.69) is 10.4 Å². The zero-order valence-corrected chi connectivity index (χ0v) is 9.99. The van der Waals surface area contributed by atoms with Gasteiger partial charge in [-0.3, -0.25) is 5.43 Å². The average molecular weight is 258 g/mol. The van der Waals surface area contributed by atoms with E-state index in [-0.39, 0.29) is 5.82 Å². The van der Waals surface area contributed by atoms with Crippen molar-refractivity contribution < 1.29 is 4.39 Å². The summed E-state index contributed by atoms with van der Waals surface area (Å²) in [5, 5.41) is 2.81. The number of aromatic nitrogens is 1. The molecule has 0 aliphatic heterocycles. The summed E-state index contributed by atoms with van der Waals surface area (Å²) >= 11 is 7.37. The Balaban J connectivity index is 2.51. The summed E-state index contributed by atoms with van der Waals surface area (Å²) in [6.45, 7) is 1.67. The van der Waals surface area contributed by atoms with Crippen LogP contribution in [-0.4, -0.2) is 4.98 Å². The highest BCUT2D eigenvalue weighted by Gasteiger charge is 2.10. The van der Waals surface area contributed by atoms with E-state index in [1.54, 1.807) is 18.4 Å². The maximum absolute atomic E-state index is 13.4. The van der Waals surface area contributed by atoms with Crippen LogP contribution < -0.4 is 11.3 Å². The number of hydrazine groups is 1. The molecule has 1 heterocycles. The number of rotatable bonds is 2. The summed E-state index contributed by atoms with van der Waals surface area (Å²) in [6, 6.07) is 2.97. The number of thiazole rings is 1. The molecule has 0 bridgehead atoms. The molecule has 0 saturated heterocycles. The molecule has 16 heavy (non-hydrogen) atoms. The Labute approximate surface area is 101 Å². The van der Waals surface area contributed by atoms with E-state index in [1.807, 2.05) is 0 Å². The molecule has 0 unspecified atom stereocenters. The van der Waals surface area contributed by atoms with E-state index >= 15 is 0 Å². The minimum Gasteiger partial charge on any atom is -0.300 e. The molecular formula is C10H9ClFN3S. The second kappa shape index (κ2) is 4.37. The van der Waals surface area contributed by atoms with Crippen LogP contribution in [0.4, 0.5) is 9.52 Å². The van der Waals surface area contributed by atoms with Gasteiger partial charge in [-0.05, 0) is 24.6 Å². The van der Waals surface area contributed by atoms with Crippen LogP contribution in [0.5, 0.6) is 0 Å². The number of benzene rings is 1. The van der Waals surface area contributed by atoms with Crippen molar-refractivity contribution in [1.82, 2.24) is 4.98 Å². The molecule has 3 nitrogen and oxygen atoms in total. The van der Waals surface area contributed by atoms with Crippen molar-refractivity contribution in [1.29, 1.82) is 0 Å². The van der Waals surface area contributed by atoms with Crippen molar-refractivity contribution in [2.45, 2.75) is 6.92 Å². The standard InChI is InChI=1S/C10H9ClFN3S/c1-5-2-7(11)6(3-8(5)12)9-4-16-10(14-9)15-13/h2-4H,13H2,1H3,(H,14,15). The quantitative estimate of drug-likeness (QED) is 0.642. The van der Waals surface area contributed by atoms with Gasteiger partial charge in [-0.1, -0.05) is 11.6 Å². The van der Waals surface area contributed by atoms with Crippen LogP contribution in [0.1, 0.15) is 5.56 Å². The first-order valence-electron chi connectivity index (χ1n) is 4.50. The van der Waals surface area contributed by atoms with Gasteiger partial charge in [0.2, 0.25) is 0 Å². The fourth-order valence-corrected chi connectivity index (χ4v) is 2.24. The van der Waals surface area contributed by atoms with Crippen molar-refractivity contribution in [3.8, 4) is 11.3 Å². The van der Waals surface area contributed by atoms with Crippen LogP contribution in [0, 0.1) is 12.7 Å². The number of anilines is 1. The summed E-state index contributed by atoms with van der Waals surface area (Å²) in [4.78, 5) is 4.16. The Hall–Kier alpha value is -1.17. The SMILES string of the molecule is Cc1cc(Cl)c(-c2csc(NN)n2)cc1F. The van der Waals surface area contributed by atoms with Crippen LogP contribution in [0.25, 0.3) is 11.3 Å². The van der Waals surface area contributed by atoms with Crippen LogP contribution in [-0.2, 0) is 0 Å². The third kappa shape index (κ3) is 2.02. The molecular weight excluding hydrogens is 249 g/mol. The molecule has 1 aromatic heterocycles. The molecule has 6 heteroatoms. The minimum atomic E-state index is -0.297. The second-order valence-corrected chi connectivity index (χ2v) is 4.53. The van der Waals surface area contributed by atoms with Crippen molar-refractivity contribution >= 4 is 28.1 Å². The normalized spacial score (nSPS) is 10.5. The predicted octanol–water partition coefficient (Wildman–Crippen LogP) is 3.20. The molecule has 0 aliphatic carbocycles. The van der Waals surface area contributed by atoms with Crippen LogP contribution >= 0.6 is 22.9 Å². The first kappa shape index (κ1) is 11.3. The number of hydrogen-bond acceptors (Lipinski definition) is 4. The lowest BCUT2D eigenvalue weighted by atomic mass is 10.1. The second-order valence-electron chi connectivity index (χ2n) is 3.26. The summed E-state index contributed by atoms with van der Waals surface area (Å²) in [5.74, 6) is 4.93. The van der Waals surface area contributed by atoms with E-state index in [9.17, 15) is 4.39 Å². The lowest BCUT2D eigenvalue weighted by molar-refractivity contribution is 0.619. The van der Waals surface area contributed by atoms with Crippen molar-refractivity contribution in [3.05, 3.63) is 33.9 Å². The minimum absolute atomic E-state index is 0.297. The van der Waals surface area contributed by atoms with Gasteiger partial charge >= 0.3 is 0 Å². The van der Waals surface area contributed by atoms with Crippen molar-refractivity contribution in [2.24, 2.45) is 5.84 Å². The summed E-state index contributed by atoms with van der Waals surface area (Å²) in [6.07, 6.45) is 0. The Bertz CT molecular complexity index is 527. The van der Waals surface area contributed by atoms with E-state index in [4.69, 9.17) is 17.4 Å². The van der Waals surface area contributed by atoms with Crippen molar-refractivity contribution in [3.63, 3.8) is 0 Å². The highest BCUT2D eigenvalue weighted by molar-refractivity contribution is 7.14. The van der Waals surface area contributed by atoms with Gasteiger partial charge in [0.05, 0.1) is 10.7 Å². The Morgan fingerprint density at radius 2 is 2.25 bits per heavy atom. The predicted molar refractivity (Wildman–Crippen MR) is 65.1 cm³/mol. The van der Waals surface area contributed by atoms with Crippen molar-refractivity contribution in [2.75, 3.05) is 5.43 Å². The first-order chi connectivity index (χ1) is 7.61. The molecule has 2 rings (SSSR count). The molecule has 0 amide bonds. The highest BCUT2D eigenvalue weighted by Crippen LogP contribution is 2.31. The van der Waals surface area contributed by atoms with Gasteiger partial charge in [-0.2, -0.15) is 0 Å². The smallest absolute Gasteiger partial charge is 0.197 e. The Morgan fingerprint density at radius 3 is 2.88 bits per heavy atom. The third-order valence-corrected chi connectivity index (χ3v) is 3.24. The first-order valence-corrected chi connectivity index (χ1v) is 5.75. The van der Waals surface area contributed by atoms with Gasteiger partial charge in [0.1, 0.15) is 5.82 Å². The highest BCUT2D eigenvalue weighted by atomic mass is 35.5. The van der Waals surface area contributed by atoms with E-state index in [0.29, 0.717) is 27.0 Å². The van der Waals surface area contributed by atoms with E-state index in [1.165, 1.54) is 17.4 Å². The Kier molecular flexibility index (Phi) is 3.09. The third-order valence-electron chi connectivity index (χ3n) is 2.15. The molecule has 0 spiro atoms. The van der Waals surface area contributed by atoms with E-state index < -0.39 is 0 Å². The number of nitrogens with one attached hydrogen (secondary N) is 1. The average Bonchev–Trinajstić information content (AvgIpc) is 2.71. The molecule has 84 valence electrons. The van der Waals surface area contributed by atoms with Gasteiger partial charge in [0.25, 0.3) is 0 Å². The van der Waals surface area contributed by atoms with Gasteiger partial charge < -0.3 is 0 Å². The molecule has 0 fully saturated rings. The largest absolute Gasteiger partial charge is 0.300 e. The number of nitrogen functional groups attached to an aromatic ring is 1. The molecule has 1 aromatic carbocycles. The van der Waals surface area contributed by atoms with Gasteiger partial charge in [-0.15, -0.1) is 11.3 Å². The monoisotopic (exact) mass is 257 g/mol. The molecule has 0 radical (unpaired) electrons.